The van der Waals surface area contributed by atoms with Crippen LogP contribution >= 0.6 is 0 Å². The highest BCUT2D eigenvalue weighted by molar-refractivity contribution is 4.50. The van der Waals surface area contributed by atoms with Crippen molar-refractivity contribution in [1.82, 2.24) is 5.43 Å². The first-order chi connectivity index (χ1) is 3.31. The first kappa shape index (κ1) is 6.88. The van der Waals surface area contributed by atoms with Gasteiger partial charge in [-0.1, -0.05) is 6.92 Å². The molecule has 0 saturated carbocycles. The average Bonchev–Trinajstić information content (AvgIpc) is 1.68. The van der Waals surface area contributed by atoms with Crippen molar-refractivity contribution in [1.29, 1.82) is 0 Å². The molecular weight excluding hydrogens is 92.1 g/mol. The lowest BCUT2D eigenvalue weighted by atomic mass is 10.3. The molecule has 0 heterocycles. The molecule has 0 aromatic rings. The van der Waals surface area contributed by atoms with Crippen LogP contribution in [0, 0.1) is 0 Å². The highest BCUT2D eigenvalue weighted by Gasteiger charge is 1.95. The Kier molecular flexibility index (Phi) is 3.98. The first-order valence-corrected chi connectivity index (χ1v) is 2.36. The fraction of sp³-hybridized carbons (Fsp3) is 1.00. The fourth-order valence-corrected chi connectivity index (χ4v) is 0.251. The lowest BCUT2D eigenvalue weighted by molar-refractivity contribution is 0.167. The molecule has 3 heteroatoms. The third kappa shape index (κ3) is 3.72. The maximum atomic E-state index is 8.68. The van der Waals surface area contributed by atoms with Gasteiger partial charge < -0.3 is 5.11 Å². The van der Waals surface area contributed by atoms with Gasteiger partial charge >= 0.3 is 0 Å². The third-order valence-corrected chi connectivity index (χ3v) is 0.787. The number of rotatable bonds is 3. The van der Waals surface area contributed by atoms with E-state index in [9.17, 15) is 0 Å². The number of aliphatic hydroxyl groups is 1. The van der Waals surface area contributed by atoms with Crippen LogP contribution in [0.25, 0.3) is 0 Å². The summed E-state index contributed by atoms with van der Waals surface area (Å²) < 4.78 is 0. The van der Waals surface area contributed by atoms with Crippen molar-refractivity contribution in [3.8, 4) is 0 Å². The summed E-state index contributed by atoms with van der Waals surface area (Å²) in [5, 5.41) is 8.68. The van der Waals surface area contributed by atoms with Gasteiger partial charge in [0.15, 0.2) is 0 Å². The Morgan fingerprint density at radius 1 is 1.86 bits per heavy atom. The van der Waals surface area contributed by atoms with Crippen molar-refractivity contribution in [2.45, 2.75) is 19.4 Å². The molecule has 0 aliphatic carbocycles. The van der Waals surface area contributed by atoms with E-state index < -0.39 is 0 Å². The van der Waals surface area contributed by atoms with Crippen molar-refractivity contribution in [2.75, 3.05) is 6.54 Å². The Balaban J connectivity index is 2.83. The van der Waals surface area contributed by atoms with Crippen LogP contribution in [0.5, 0.6) is 0 Å². The second kappa shape index (κ2) is 4.05. The minimum Gasteiger partial charge on any atom is -0.392 e. The van der Waals surface area contributed by atoms with Crippen molar-refractivity contribution in [3.63, 3.8) is 0 Å². The predicted octanol–water partition coefficient (Wildman–Crippen LogP) is -0.765. The Morgan fingerprint density at radius 2 is 2.43 bits per heavy atom. The summed E-state index contributed by atoms with van der Waals surface area (Å²) in [6.45, 7) is 2.24. The summed E-state index contributed by atoms with van der Waals surface area (Å²) in [5.74, 6) is 4.77. The van der Waals surface area contributed by atoms with Crippen LogP contribution in [0.1, 0.15) is 13.3 Å². The van der Waals surface area contributed by atoms with Crippen molar-refractivity contribution >= 4 is 0 Å². The molecule has 0 aromatic heterocycles. The molecule has 1 atom stereocenters. The van der Waals surface area contributed by atoms with E-state index in [1.165, 1.54) is 0 Å². The molecule has 1 unspecified atom stereocenters. The van der Waals surface area contributed by atoms with Gasteiger partial charge in [0.05, 0.1) is 12.6 Å². The van der Waals surface area contributed by atoms with Crippen LogP contribution < -0.4 is 11.3 Å². The van der Waals surface area contributed by atoms with Gasteiger partial charge in [-0.2, -0.15) is 5.43 Å². The molecule has 3 N–H and O–H groups in total. The average molecular weight is 103 g/mol. The summed E-state index contributed by atoms with van der Waals surface area (Å²) in [5.41, 5.74) is 3.26. The largest absolute Gasteiger partial charge is 0.392 e. The number of hydrogen-bond acceptors (Lipinski definition) is 2. The highest BCUT2D eigenvalue weighted by Crippen LogP contribution is 1.84. The highest BCUT2D eigenvalue weighted by atomic mass is 16.3. The Hall–Kier alpha value is -0.120. The van der Waals surface area contributed by atoms with E-state index in [2.05, 4.69) is 5.43 Å². The molecule has 0 spiro atoms. The number of nitrogens with two attached hydrogens (primary N) is 1. The quantitative estimate of drug-likeness (QED) is 0.364. The van der Waals surface area contributed by atoms with Gasteiger partial charge in [0.25, 0.3) is 0 Å². The molecule has 0 aliphatic heterocycles. The molecule has 0 amide bonds. The van der Waals surface area contributed by atoms with Gasteiger partial charge in [0.2, 0.25) is 0 Å². The topological polar surface area (TPSA) is 60.3 Å². The van der Waals surface area contributed by atoms with Crippen molar-refractivity contribution < 1.29 is 5.11 Å². The molecule has 0 rings (SSSR count). The summed E-state index contributed by atoms with van der Waals surface area (Å²) in [7, 11) is 0. The molecule has 0 aromatic carbocycles. The van der Waals surface area contributed by atoms with Gasteiger partial charge in [0, 0.05) is 0 Å². The van der Waals surface area contributed by atoms with Crippen LogP contribution in [-0.4, -0.2) is 17.8 Å². The van der Waals surface area contributed by atoms with E-state index in [1.807, 2.05) is 6.92 Å². The van der Waals surface area contributed by atoms with Crippen LogP contribution in [-0.2, 0) is 0 Å². The van der Waals surface area contributed by atoms with E-state index in [4.69, 9.17) is 10.9 Å². The molecule has 0 fully saturated rings. The molecule has 0 bridgehead atoms. The molecule has 3 nitrogen and oxygen atoms in total. The minimum atomic E-state index is -0.343. The van der Waals surface area contributed by atoms with E-state index in [1.54, 1.807) is 0 Å². The van der Waals surface area contributed by atoms with Crippen molar-refractivity contribution in [2.24, 2.45) is 5.84 Å². The Morgan fingerprint density at radius 3 is 2.57 bits per heavy atom. The van der Waals surface area contributed by atoms with Gasteiger partial charge in [-0.05, 0) is 6.42 Å². The zero-order valence-electron chi connectivity index (χ0n) is 4.46. The van der Waals surface area contributed by atoms with Gasteiger partial charge in [-0.15, -0.1) is 0 Å². The molecule has 1 radical (unpaired) electrons. The maximum Gasteiger partial charge on any atom is 0.0693 e. The zero-order valence-corrected chi connectivity index (χ0v) is 4.46. The summed E-state index contributed by atoms with van der Waals surface area (Å²) in [6.07, 6.45) is 0.380. The van der Waals surface area contributed by atoms with E-state index >= 15 is 0 Å². The predicted molar refractivity (Wildman–Crippen MR) is 27.5 cm³/mol. The monoisotopic (exact) mass is 103 g/mol. The lowest BCUT2D eigenvalue weighted by Crippen LogP contribution is -2.24. The molecule has 43 valence electrons. The fourth-order valence-electron chi connectivity index (χ4n) is 0.251. The normalized spacial score (nSPS) is 14.1. The lowest BCUT2D eigenvalue weighted by Gasteiger charge is -2.01. The summed E-state index contributed by atoms with van der Waals surface area (Å²) in [6, 6.07) is 0. The molecule has 7 heavy (non-hydrogen) atoms. The summed E-state index contributed by atoms with van der Waals surface area (Å²) in [4.78, 5) is 0. The van der Waals surface area contributed by atoms with Crippen LogP contribution in [0.2, 0.25) is 0 Å². The van der Waals surface area contributed by atoms with Crippen LogP contribution in [0.15, 0.2) is 0 Å². The number of nitrogens with zero attached hydrogens (tertiary/aromatic N) is 1. The van der Waals surface area contributed by atoms with E-state index in [0.717, 1.165) is 6.42 Å². The van der Waals surface area contributed by atoms with E-state index in [0.29, 0.717) is 6.54 Å². The number of hydrogen-bond donors (Lipinski definition) is 2. The molecule has 0 saturated heterocycles. The molecular formula is C4H11N2O. The Bertz CT molecular complexity index is 40.7. The van der Waals surface area contributed by atoms with Crippen molar-refractivity contribution in [3.05, 3.63) is 0 Å². The van der Waals surface area contributed by atoms with Crippen LogP contribution in [0.3, 0.4) is 0 Å². The SMILES string of the molecule is CCC(O)C[N]N. The van der Waals surface area contributed by atoms with E-state index in [-0.39, 0.29) is 6.10 Å². The van der Waals surface area contributed by atoms with Gasteiger partial charge in [0.1, 0.15) is 0 Å². The third-order valence-electron chi connectivity index (χ3n) is 0.787. The maximum absolute atomic E-state index is 8.68. The Labute approximate surface area is 43.5 Å². The first-order valence-electron chi connectivity index (χ1n) is 2.36. The second-order valence-corrected chi connectivity index (χ2v) is 1.43. The standard InChI is InChI=1S/C4H11N2O/c1-2-4(7)3-6-5/h4,7H,2-3,5H2,1H3. The summed E-state index contributed by atoms with van der Waals surface area (Å²) >= 11 is 0. The van der Waals surface area contributed by atoms with Gasteiger partial charge in [-0.3, -0.25) is 5.84 Å². The van der Waals surface area contributed by atoms with Crippen LogP contribution in [0.4, 0.5) is 0 Å². The van der Waals surface area contributed by atoms with Gasteiger partial charge in [-0.25, -0.2) is 0 Å². The zero-order chi connectivity index (χ0) is 5.70. The molecule has 0 aliphatic rings. The second-order valence-electron chi connectivity index (χ2n) is 1.43. The smallest absolute Gasteiger partial charge is 0.0693 e. The minimum absolute atomic E-state index is 0.343. The number of aliphatic hydroxyl groups excluding tert-OH is 1.